The van der Waals surface area contributed by atoms with E-state index in [4.69, 9.17) is 23.2 Å². The van der Waals surface area contributed by atoms with E-state index in [0.717, 1.165) is 0 Å². The molecule has 0 saturated carbocycles. The maximum atomic E-state index is 12.4. The fourth-order valence-corrected chi connectivity index (χ4v) is 4.40. The molecule has 2 rings (SSSR count). The van der Waals surface area contributed by atoms with Gasteiger partial charge in [-0.2, -0.15) is 0 Å². The third-order valence-corrected chi connectivity index (χ3v) is 5.78. The van der Waals surface area contributed by atoms with Gasteiger partial charge in [0.05, 0.1) is 10.0 Å². The Bertz CT molecular complexity index is 855. The molecule has 0 heterocycles. The van der Waals surface area contributed by atoms with Crippen molar-refractivity contribution in [3.63, 3.8) is 0 Å². The van der Waals surface area contributed by atoms with Crippen LogP contribution in [0.5, 0.6) is 0 Å². The summed E-state index contributed by atoms with van der Waals surface area (Å²) in [6.45, 7) is 1.39. The smallest absolute Gasteiger partial charge is 0.263 e. The lowest BCUT2D eigenvalue weighted by Crippen LogP contribution is -2.14. The number of rotatable bonds is 4. The first kappa shape index (κ1) is 18.1. The minimum Gasteiger partial charge on any atom is -0.326 e. The highest BCUT2D eigenvalue weighted by Crippen LogP contribution is 2.32. The molecule has 122 valence electrons. The second kappa shape index (κ2) is 7.09. The minimum absolute atomic E-state index is 0.0298. The number of amides is 1. The predicted octanol–water partition coefficient (Wildman–Crippen LogP) is 4.52. The van der Waals surface area contributed by atoms with E-state index in [9.17, 15) is 13.2 Å². The van der Waals surface area contributed by atoms with Crippen molar-refractivity contribution in [1.29, 1.82) is 0 Å². The summed E-state index contributed by atoms with van der Waals surface area (Å²) >= 11 is 14.9. The molecular weight excluding hydrogens is 427 g/mol. The van der Waals surface area contributed by atoms with E-state index in [2.05, 4.69) is 26.0 Å². The molecule has 0 aliphatic heterocycles. The maximum Gasteiger partial charge on any atom is 0.263 e. The highest BCUT2D eigenvalue weighted by atomic mass is 79.9. The molecule has 0 spiro atoms. The second-order valence-electron chi connectivity index (χ2n) is 4.56. The first-order valence-corrected chi connectivity index (χ1v) is 9.27. The molecular formula is C14H11BrCl2N2O3S. The highest BCUT2D eigenvalue weighted by molar-refractivity contribution is 9.10. The molecule has 0 radical (unpaired) electrons. The third kappa shape index (κ3) is 4.60. The number of sulfonamides is 1. The molecule has 23 heavy (non-hydrogen) atoms. The van der Waals surface area contributed by atoms with Crippen LogP contribution in [0.4, 0.5) is 11.4 Å². The van der Waals surface area contributed by atoms with E-state index in [0.29, 0.717) is 15.8 Å². The van der Waals surface area contributed by atoms with Gasteiger partial charge in [-0.3, -0.25) is 9.52 Å². The topological polar surface area (TPSA) is 75.3 Å². The van der Waals surface area contributed by atoms with Crippen LogP contribution in [0.1, 0.15) is 6.92 Å². The summed E-state index contributed by atoms with van der Waals surface area (Å²) in [4.78, 5) is 10.9. The van der Waals surface area contributed by atoms with Gasteiger partial charge in [-0.25, -0.2) is 8.42 Å². The van der Waals surface area contributed by atoms with E-state index in [-0.39, 0.29) is 20.8 Å². The molecule has 0 unspecified atom stereocenters. The zero-order chi connectivity index (χ0) is 17.2. The Balaban J connectivity index is 2.28. The summed E-state index contributed by atoms with van der Waals surface area (Å²) in [6.07, 6.45) is 0. The Morgan fingerprint density at radius 1 is 1.04 bits per heavy atom. The Morgan fingerprint density at radius 2 is 1.57 bits per heavy atom. The summed E-state index contributed by atoms with van der Waals surface area (Å²) < 4.78 is 27.6. The number of anilines is 2. The summed E-state index contributed by atoms with van der Waals surface area (Å²) in [5.41, 5.74) is 0.910. The van der Waals surface area contributed by atoms with Crippen molar-refractivity contribution in [2.24, 2.45) is 0 Å². The van der Waals surface area contributed by atoms with E-state index >= 15 is 0 Å². The zero-order valence-electron chi connectivity index (χ0n) is 11.7. The van der Waals surface area contributed by atoms with Gasteiger partial charge >= 0.3 is 0 Å². The Hall–Kier alpha value is -1.28. The fraction of sp³-hybridized carbons (Fsp3) is 0.0714. The quantitative estimate of drug-likeness (QED) is 0.690. The maximum absolute atomic E-state index is 12.4. The molecule has 0 fully saturated rings. The van der Waals surface area contributed by atoms with Crippen LogP contribution in [0.25, 0.3) is 0 Å². The number of benzene rings is 2. The Kier molecular flexibility index (Phi) is 5.57. The predicted molar refractivity (Wildman–Crippen MR) is 95.7 cm³/mol. The summed E-state index contributed by atoms with van der Waals surface area (Å²) in [5.74, 6) is -0.210. The molecule has 0 aliphatic rings. The number of carbonyl (C=O) groups is 1. The lowest BCUT2D eigenvalue weighted by molar-refractivity contribution is -0.114. The van der Waals surface area contributed by atoms with Crippen molar-refractivity contribution < 1.29 is 13.2 Å². The number of halogens is 3. The SMILES string of the molecule is CC(=O)Nc1ccc(NS(=O)(=O)c2cc(Cl)c(Cl)cc2Br)cc1. The van der Waals surface area contributed by atoms with E-state index in [1.807, 2.05) is 0 Å². The number of nitrogens with one attached hydrogen (secondary N) is 2. The molecule has 5 nitrogen and oxygen atoms in total. The van der Waals surface area contributed by atoms with Gasteiger partial charge in [0.1, 0.15) is 4.90 Å². The van der Waals surface area contributed by atoms with Gasteiger partial charge in [-0.15, -0.1) is 0 Å². The summed E-state index contributed by atoms with van der Waals surface area (Å²) in [5, 5.41) is 2.98. The van der Waals surface area contributed by atoms with Gasteiger partial charge < -0.3 is 5.32 Å². The Labute approximate surface area is 152 Å². The molecule has 0 atom stereocenters. The van der Waals surface area contributed by atoms with Gasteiger partial charge in [0.2, 0.25) is 5.91 Å². The minimum atomic E-state index is -3.85. The normalized spacial score (nSPS) is 11.1. The van der Waals surface area contributed by atoms with Crippen molar-refractivity contribution in [2.45, 2.75) is 11.8 Å². The second-order valence-corrected chi connectivity index (χ2v) is 7.88. The molecule has 2 aromatic carbocycles. The van der Waals surface area contributed by atoms with Gasteiger partial charge in [0.15, 0.2) is 0 Å². The largest absolute Gasteiger partial charge is 0.326 e. The summed E-state index contributed by atoms with van der Waals surface area (Å²) in [7, 11) is -3.85. The van der Waals surface area contributed by atoms with E-state index in [1.165, 1.54) is 31.2 Å². The summed E-state index contributed by atoms with van der Waals surface area (Å²) in [6, 6.07) is 8.93. The van der Waals surface area contributed by atoms with Crippen molar-refractivity contribution >= 4 is 66.4 Å². The molecule has 2 N–H and O–H groups in total. The van der Waals surface area contributed by atoms with Crippen molar-refractivity contribution in [1.82, 2.24) is 0 Å². The number of hydrogen-bond donors (Lipinski definition) is 2. The fourth-order valence-electron chi connectivity index (χ4n) is 1.75. The lowest BCUT2D eigenvalue weighted by atomic mass is 10.3. The van der Waals surface area contributed by atoms with Gasteiger partial charge in [-0.05, 0) is 52.3 Å². The monoisotopic (exact) mass is 436 g/mol. The third-order valence-electron chi connectivity index (χ3n) is 2.72. The molecule has 9 heteroatoms. The van der Waals surface area contributed by atoms with Crippen molar-refractivity contribution in [3.8, 4) is 0 Å². The van der Waals surface area contributed by atoms with Gasteiger partial charge in [0, 0.05) is 22.8 Å². The van der Waals surface area contributed by atoms with Crippen LogP contribution in [-0.2, 0) is 14.8 Å². The van der Waals surface area contributed by atoms with Crippen molar-refractivity contribution in [3.05, 3.63) is 50.9 Å². The first-order valence-electron chi connectivity index (χ1n) is 6.24. The van der Waals surface area contributed by atoms with Crippen LogP contribution in [-0.4, -0.2) is 14.3 Å². The average Bonchev–Trinajstić information content (AvgIpc) is 2.44. The molecule has 1 amide bonds. The average molecular weight is 438 g/mol. The number of hydrogen-bond acceptors (Lipinski definition) is 3. The molecule has 0 aromatic heterocycles. The van der Waals surface area contributed by atoms with Crippen LogP contribution in [0.3, 0.4) is 0 Å². The van der Waals surface area contributed by atoms with Gasteiger partial charge in [-0.1, -0.05) is 23.2 Å². The van der Waals surface area contributed by atoms with E-state index in [1.54, 1.807) is 12.1 Å². The molecule has 0 saturated heterocycles. The lowest BCUT2D eigenvalue weighted by Gasteiger charge is -2.11. The molecule has 2 aromatic rings. The van der Waals surface area contributed by atoms with Crippen LogP contribution in [0, 0.1) is 0 Å². The zero-order valence-corrected chi connectivity index (χ0v) is 15.6. The Morgan fingerprint density at radius 3 is 2.13 bits per heavy atom. The van der Waals surface area contributed by atoms with Gasteiger partial charge in [0.25, 0.3) is 10.0 Å². The van der Waals surface area contributed by atoms with Crippen LogP contribution >= 0.6 is 39.1 Å². The van der Waals surface area contributed by atoms with Crippen LogP contribution in [0.2, 0.25) is 10.0 Å². The van der Waals surface area contributed by atoms with E-state index < -0.39 is 10.0 Å². The molecule has 0 aliphatic carbocycles. The van der Waals surface area contributed by atoms with Crippen molar-refractivity contribution in [2.75, 3.05) is 10.0 Å². The van der Waals surface area contributed by atoms with Crippen LogP contribution < -0.4 is 10.0 Å². The van der Waals surface area contributed by atoms with Crippen LogP contribution in [0.15, 0.2) is 45.8 Å². The standard InChI is InChI=1S/C14H11BrCl2N2O3S/c1-8(20)18-9-2-4-10(5-3-9)19-23(21,22)14-7-13(17)12(16)6-11(14)15/h2-7,19H,1H3,(H,18,20). The first-order chi connectivity index (χ1) is 10.7. The molecule has 0 bridgehead atoms. The highest BCUT2D eigenvalue weighted by Gasteiger charge is 2.19. The number of carbonyl (C=O) groups excluding carboxylic acids is 1.